The van der Waals surface area contributed by atoms with Gasteiger partial charge in [-0.2, -0.15) is 0 Å². The average molecular weight is 334 g/mol. The topological polar surface area (TPSA) is 75.3 Å². The van der Waals surface area contributed by atoms with Gasteiger partial charge in [-0.3, -0.25) is 9.36 Å². The number of aromatic nitrogens is 2. The summed E-state index contributed by atoms with van der Waals surface area (Å²) in [5, 5.41) is 19.8. The lowest BCUT2D eigenvalue weighted by Gasteiger charge is -2.17. The fourth-order valence-corrected chi connectivity index (χ4v) is 2.81. The lowest BCUT2D eigenvalue weighted by atomic mass is 10.1. The SMILES string of the molecule is C#Cc1ccc(-n2c(C(C)C)nc3c(CO)c(O)ccc3c2=O)cc1. The highest BCUT2D eigenvalue weighted by Gasteiger charge is 2.18. The van der Waals surface area contributed by atoms with Crippen LogP contribution in [-0.4, -0.2) is 19.8 Å². The molecule has 0 saturated carbocycles. The van der Waals surface area contributed by atoms with Crippen molar-refractivity contribution in [2.75, 3.05) is 0 Å². The zero-order chi connectivity index (χ0) is 18.1. The molecular weight excluding hydrogens is 316 g/mol. The molecule has 0 saturated heterocycles. The van der Waals surface area contributed by atoms with E-state index in [1.54, 1.807) is 28.8 Å². The number of terminal acetylenes is 1. The maximum Gasteiger partial charge on any atom is 0.265 e. The van der Waals surface area contributed by atoms with Crippen molar-refractivity contribution in [3.05, 3.63) is 63.7 Å². The molecule has 2 aromatic carbocycles. The second-order valence-electron chi connectivity index (χ2n) is 6.07. The fourth-order valence-electron chi connectivity index (χ4n) is 2.81. The summed E-state index contributed by atoms with van der Waals surface area (Å²) in [6.07, 6.45) is 5.39. The number of aliphatic hydroxyl groups is 1. The minimum absolute atomic E-state index is 0.0432. The number of benzene rings is 2. The molecule has 2 N–H and O–H groups in total. The molecule has 0 aliphatic rings. The second-order valence-corrected chi connectivity index (χ2v) is 6.07. The van der Waals surface area contributed by atoms with Crippen molar-refractivity contribution in [1.82, 2.24) is 9.55 Å². The lowest BCUT2D eigenvalue weighted by Crippen LogP contribution is -2.25. The van der Waals surface area contributed by atoms with Gasteiger partial charge < -0.3 is 10.2 Å². The van der Waals surface area contributed by atoms with E-state index in [1.807, 2.05) is 13.8 Å². The molecule has 1 heterocycles. The van der Waals surface area contributed by atoms with Gasteiger partial charge in [-0.15, -0.1) is 6.42 Å². The standard InChI is InChI=1S/C20H18N2O3/c1-4-13-5-7-14(8-6-13)22-19(12(2)3)21-18-15(20(22)25)9-10-17(24)16(18)11-23/h1,5-10,12,23-24H,11H2,2-3H3. The highest BCUT2D eigenvalue weighted by molar-refractivity contribution is 5.83. The molecule has 0 bridgehead atoms. The van der Waals surface area contributed by atoms with Crippen molar-refractivity contribution < 1.29 is 10.2 Å². The van der Waals surface area contributed by atoms with Crippen molar-refractivity contribution in [3.8, 4) is 23.8 Å². The Balaban J connectivity index is 2.40. The quantitative estimate of drug-likeness (QED) is 0.722. The number of aromatic hydroxyl groups is 1. The van der Waals surface area contributed by atoms with Gasteiger partial charge in [0, 0.05) is 17.0 Å². The highest BCUT2D eigenvalue weighted by Crippen LogP contribution is 2.26. The maximum absolute atomic E-state index is 13.1. The second kappa shape index (κ2) is 6.42. The van der Waals surface area contributed by atoms with Crippen LogP contribution in [-0.2, 0) is 6.61 Å². The number of aliphatic hydroxyl groups excluding tert-OH is 1. The predicted octanol–water partition coefficient (Wildman–Crippen LogP) is 2.69. The Morgan fingerprint density at radius 2 is 1.88 bits per heavy atom. The molecule has 0 spiro atoms. The van der Waals surface area contributed by atoms with E-state index in [0.717, 1.165) is 5.56 Å². The van der Waals surface area contributed by atoms with Gasteiger partial charge in [-0.25, -0.2) is 4.98 Å². The van der Waals surface area contributed by atoms with Gasteiger partial charge >= 0.3 is 0 Å². The van der Waals surface area contributed by atoms with E-state index in [4.69, 9.17) is 6.42 Å². The monoisotopic (exact) mass is 334 g/mol. The van der Waals surface area contributed by atoms with Crippen LogP contribution < -0.4 is 5.56 Å². The lowest BCUT2D eigenvalue weighted by molar-refractivity contribution is 0.277. The third kappa shape index (κ3) is 2.77. The third-order valence-electron chi connectivity index (χ3n) is 4.11. The minimum atomic E-state index is -0.395. The van der Waals surface area contributed by atoms with Crippen molar-refractivity contribution in [2.24, 2.45) is 0 Å². The van der Waals surface area contributed by atoms with Gasteiger partial charge in [0.1, 0.15) is 11.6 Å². The van der Waals surface area contributed by atoms with Crippen LogP contribution in [0.4, 0.5) is 0 Å². The van der Waals surface area contributed by atoms with Gasteiger partial charge in [-0.05, 0) is 36.4 Å². The molecule has 5 heteroatoms. The van der Waals surface area contributed by atoms with Crippen molar-refractivity contribution in [2.45, 2.75) is 26.4 Å². The summed E-state index contributed by atoms with van der Waals surface area (Å²) >= 11 is 0. The molecule has 0 fully saturated rings. The zero-order valence-electron chi connectivity index (χ0n) is 14.0. The van der Waals surface area contributed by atoms with E-state index in [0.29, 0.717) is 22.4 Å². The molecule has 3 rings (SSSR count). The van der Waals surface area contributed by atoms with Gasteiger partial charge in [0.15, 0.2) is 0 Å². The zero-order valence-corrected chi connectivity index (χ0v) is 14.0. The Labute approximate surface area is 145 Å². The average Bonchev–Trinajstić information content (AvgIpc) is 2.61. The summed E-state index contributed by atoms with van der Waals surface area (Å²) in [4.78, 5) is 17.7. The molecule has 0 aliphatic heterocycles. The van der Waals surface area contributed by atoms with Crippen LogP contribution in [0.5, 0.6) is 5.75 Å². The Hall–Kier alpha value is -3.10. The van der Waals surface area contributed by atoms with Crippen molar-refractivity contribution in [1.29, 1.82) is 0 Å². The minimum Gasteiger partial charge on any atom is -0.508 e. The summed E-state index contributed by atoms with van der Waals surface area (Å²) in [5.41, 5.74) is 1.72. The molecule has 1 aromatic heterocycles. The number of hydrogen-bond donors (Lipinski definition) is 2. The Morgan fingerprint density at radius 3 is 2.44 bits per heavy atom. The molecule has 126 valence electrons. The molecule has 0 unspecified atom stereocenters. The van der Waals surface area contributed by atoms with Crippen LogP contribution in [0.2, 0.25) is 0 Å². The maximum atomic E-state index is 13.1. The summed E-state index contributed by atoms with van der Waals surface area (Å²) < 4.78 is 1.55. The highest BCUT2D eigenvalue weighted by atomic mass is 16.3. The first-order valence-electron chi connectivity index (χ1n) is 7.93. The molecule has 25 heavy (non-hydrogen) atoms. The first-order valence-corrected chi connectivity index (χ1v) is 7.93. The van der Waals surface area contributed by atoms with Gasteiger partial charge in [-0.1, -0.05) is 19.8 Å². The Bertz CT molecular complexity index is 1040. The Kier molecular flexibility index (Phi) is 4.30. The molecule has 5 nitrogen and oxygen atoms in total. The number of fused-ring (bicyclic) bond motifs is 1. The van der Waals surface area contributed by atoms with E-state index in [-0.39, 0.29) is 22.8 Å². The Morgan fingerprint density at radius 1 is 1.20 bits per heavy atom. The number of hydrogen-bond acceptors (Lipinski definition) is 4. The fraction of sp³-hybridized carbons (Fsp3) is 0.200. The van der Waals surface area contributed by atoms with Crippen LogP contribution in [0.1, 0.15) is 36.7 Å². The van der Waals surface area contributed by atoms with Crippen LogP contribution in [0.15, 0.2) is 41.2 Å². The number of nitrogens with zero attached hydrogens (tertiary/aromatic N) is 2. The third-order valence-corrected chi connectivity index (χ3v) is 4.11. The van der Waals surface area contributed by atoms with Crippen LogP contribution in [0.25, 0.3) is 16.6 Å². The summed E-state index contributed by atoms with van der Waals surface area (Å²) in [5.74, 6) is 2.98. The van der Waals surface area contributed by atoms with Gasteiger partial charge in [0.2, 0.25) is 0 Å². The largest absolute Gasteiger partial charge is 0.508 e. The molecule has 0 radical (unpaired) electrons. The van der Waals surface area contributed by atoms with Gasteiger partial charge in [0.25, 0.3) is 5.56 Å². The molecule has 0 atom stereocenters. The van der Waals surface area contributed by atoms with E-state index < -0.39 is 6.61 Å². The number of phenols is 1. The smallest absolute Gasteiger partial charge is 0.265 e. The summed E-state index contributed by atoms with van der Waals surface area (Å²) in [6.45, 7) is 3.47. The van der Waals surface area contributed by atoms with Crippen LogP contribution >= 0.6 is 0 Å². The van der Waals surface area contributed by atoms with Crippen molar-refractivity contribution in [3.63, 3.8) is 0 Å². The molecule has 0 amide bonds. The molecule has 0 aliphatic carbocycles. The van der Waals surface area contributed by atoms with E-state index >= 15 is 0 Å². The molecular formula is C20H18N2O3. The van der Waals surface area contributed by atoms with Gasteiger partial charge in [0.05, 0.1) is 23.2 Å². The van der Waals surface area contributed by atoms with Crippen LogP contribution in [0.3, 0.4) is 0 Å². The van der Waals surface area contributed by atoms with Crippen LogP contribution in [0, 0.1) is 12.3 Å². The molecule has 3 aromatic rings. The van der Waals surface area contributed by atoms with E-state index in [9.17, 15) is 15.0 Å². The number of rotatable bonds is 3. The van der Waals surface area contributed by atoms with Crippen molar-refractivity contribution >= 4 is 10.9 Å². The van der Waals surface area contributed by atoms with E-state index in [2.05, 4.69) is 10.9 Å². The summed E-state index contributed by atoms with van der Waals surface area (Å²) in [6, 6.07) is 10.0. The summed E-state index contributed by atoms with van der Waals surface area (Å²) in [7, 11) is 0. The first kappa shape index (κ1) is 16.7. The van der Waals surface area contributed by atoms with E-state index in [1.165, 1.54) is 12.1 Å². The normalized spacial score (nSPS) is 11.0. The predicted molar refractivity (Wildman–Crippen MR) is 97.0 cm³/mol. The first-order chi connectivity index (χ1) is 12.0.